The molecule has 0 bridgehead atoms. The average Bonchev–Trinajstić information content (AvgIpc) is 2.37. The molecule has 0 aromatic heterocycles. The molecule has 1 N–H and O–H groups in total. The summed E-state index contributed by atoms with van der Waals surface area (Å²) in [6.45, 7) is 5.28. The van der Waals surface area contributed by atoms with Gasteiger partial charge in [0.15, 0.2) is 0 Å². The van der Waals surface area contributed by atoms with E-state index < -0.39 is 5.54 Å². The summed E-state index contributed by atoms with van der Waals surface area (Å²) in [5, 5.41) is 9.81. The molecule has 0 spiro atoms. The van der Waals surface area contributed by atoms with Gasteiger partial charge < -0.3 is 5.11 Å². The fraction of sp³-hybridized carbons (Fsp3) is 0.500. The number of imide groups is 1. The lowest BCUT2D eigenvalue weighted by Crippen LogP contribution is -2.57. The Labute approximate surface area is 119 Å². The lowest BCUT2D eigenvalue weighted by Gasteiger charge is -2.44. The SMILES string of the molecule is CC1(C)CC(=O)N(C(C)(CO)c2ccccc2)C(=O)C1. The van der Waals surface area contributed by atoms with Crippen LogP contribution in [-0.4, -0.2) is 28.4 Å². The molecule has 4 heteroatoms. The topological polar surface area (TPSA) is 57.6 Å². The molecule has 1 aromatic rings. The highest BCUT2D eigenvalue weighted by atomic mass is 16.3. The van der Waals surface area contributed by atoms with E-state index in [1.165, 1.54) is 4.90 Å². The molecule has 1 aliphatic heterocycles. The minimum absolute atomic E-state index is 0.216. The summed E-state index contributed by atoms with van der Waals surface area (Å²) >= 11 is 0. The van der Waals surface area contributed by atoms with Gasteiger partial charge in [-0.2, -0.15) is 0 Å². The second-order valence-corrected chi connectivity index (χ2v) is 6.44. The normalized spacial score (nSPS) is 21.7. The third-order valence-electron chi connectivity index (χ3n) is 3.96. The Morgan fingerprint density at radius 1 is 1.15 bits per heavy atom. The van der Waals surface area contributed by atoms with Crippen LogP contribution in [0.1, 0.15) is 39.2 Å². The first-order chi connectivity index (χ1) is 9.30. The Morgan fingerprint density at radius 3 is 2.10 bits per heavy atom. The molecule has 1 fully saturated rings. The Hall–Kier alpha value is -1.68. The van der Waals surface area contributed by atoms with E-state index in [1.54, 1.807) is 6.92 Å². The highest BCUT2D eigenvalue weighted by molar-refractivity contribution is 5.99. The maximum atomic E-state index is 12.4. The van der Waals surface area contributed by atoms with Gasteiger partial charge in [0.2, 0.25) is 11.8 Å². The van der Waals surface area contributed by atoms with E-state index in [-0.39, 0.29) is 23.8 Å². The second kappa shape index (κ2) is 5.02. The maximum Gasteiger partial charge on any atom is 0.230 e. The van der Waals surface area contributed by atoms with Crippen molar-refractivity contribution in [2.75, 3.05) is 6.61 Å². The summed E-state index contributed by atoms with van der Waals surface area (Å²) in [4.78, 5) is 26.0. The van der Waals surface area contributed by atoms with Crippen molar-refractivity contribution in [3.63, 3.8) is 0 Å². The van der Waals surface area contributed by atoms with Crippen molar-refractivity contribution in [3.05, 3.63) is 35.9 Å². The zero-order valence-electron chi connectivity index (χ0n) is 12.2. The van der Waals surface area contributed by atoms with E-state index in [1.807, 2.05) is 44.2 Å². The van der Waals surface area contributed by atoms with Crippen LogP contribution in [0, 0.1) is 5.41 Å². The monoisotopic (exact) mass is 275 g/mol. The fourth-order valence-electron chi connectivity index (χ4n) is 2.82. The molecule has 20 heavy (non-hydrogen) atoms. The molecule has 1 heterocycles. The third kappa shape index (κ3) is 2.48. The molecule has 0 radical (unpaired) electrons. The molecule has 0 saturated carbocycles. The minimum Gasteiger partial charge on any atom is -0.394 e. The molecule has 4 nitrogen and oxygen atoms in total. The third-order valence-corrected chi connectivity index (χ3v) is 3.96. The lowest BCUT2D eigenvalue weighted by atomic mass is 9.79. The number of benzene rings is 1. The quantitative estimate of drug-likeness (QED) is 0.859. The molecular weight excluding hydrogens is 254 g/mol. The summed E-state index contributed by atoms with van der Waals surface area (Å²) in [6, 6.07) is 9.20. The number of carbonyl (C=O) groups excluding carboxylic acids is 2. The van der Waals surface area contributed by atoms with Gasteiger partial charge in [-0.25, -0.2) is 0 Å². The van der Waals surface area contributed by atoms with Crippen LogP contribution in [-0.2, 0) is 15.1 Å². The van der Waals surface area contributed by atoms with Crippen molar-refractivity contribution in [1.29, 1.82) is 0 Å². The number of aliphatic hydroxyl groups is 1. The molecule has 0 aliphatic carbocycles. The highest BCUT2D eigenvalue weighted by Gasteiger charge is 2.46. The van der Waals surface area contributed by atoms with Gasteiger partial charge in [0.05, 0.1) is 12.1 Å². The Balaban J connectivity index is 2.42. The number of nitrogens with zero attached hydrogens (tertiary/aromatic N) is 1. The zero-order valence-corrected chi connectivity index (χ0v) is 12.2. The van der Waals surface area contributed by atoms with E-state index in [0.29, 0.717) is 12.8 Å². The van der Waals surface area contributed by atoms with Gasteiger partial charge >= 0.3 is 0 Å². The van der Waals surface area contributed by atoms with Gasteiger partial charge in [-0.05, 0) is 17.9 Å². The largest absolute Gasteiger partial charge is 0.394 e. The zero-order chi connectivity index (χ0) is 15.0. The van der Waals surface area contributed by atoms with E-state index in [0.717, 1.165) is 5.56 Å². The van der Waals surface area contributed by atoms with Gasteiger partial charge in [-0.15, -0.1) is 0 Å². The second-order valence-electron chi connectivity index (χ2n) is 6.44. The van der Waals surface area contributed by atoms with Crippen LogP contribution < -0.4 is 0 Å². The minimum atomic E-state index is -0.994. The molecule has 108 valence electrons. The van der Waals surface area contributed by atoms with Crippen molar-refractivity contribution in [1.82, 2.24) is 4.90 Å². The summed E-state index contributed by atoms with van der Waals surface area (Å²) in [5.41, 5.74) is -0.534. The van der Waals surface area contributed by atoms with Crippen LogP contribution in [0.15, 0.2) is 30.3 Å². The Bertz CT molecular complexity index is 504. The first-order valence-electron chi connectivity index (χ1n) is 6.82. The maximum absolute atomic E-state index is 12.4. The van der Waals surface area contributed by atoms with Crippen LogP contribution in [0.5, 0.6) is 0 Å². The van der Waals surface area contributed by atoms with Crippen molar-refractivity contribution >= 4 is 11.8 Å². The summed E-state index contributed by atoms with van der Waals surface area (Å²) in [5.74, 6) is -0.432. The number of carbonyl (C=O) groups is 2. The number of piperidine rings is 1. The van der Waals surface area contributed by atoms with Crippen molar-refractivity contribution in [2.24, 2.45) is 5.41 Å². The van der Waals surface area contributed by atoms with Gasteiger partial charge in [-0.3, -0.25) is 14.5 Å². The first kappa shape index (κ1) is 14.7. The van der Waals surface area contributed by atoms with Gasteiger partial charge in [0, 0.05) is 12.8 Å². The van der Waals surface area contributed by atoms with E-state index in [2.05, 4.69) is 0 Å². The average molecular weight is 275 g/mol. The highest BCUT2D eigenvalue weighted by Crippen LogP contribution is 2.38. The number of likely N-dealkylation sites (tertiary alicyclic amines) is 1. The van der Waals surface area contributed by atoms with Gasteiger partial charge in [0.1, 0.15) is 0 Å². The van der Waals surface area contributed by atoms with Crippen LogP contribution >= 0.6 is 0 Å². The number of hydrogen-bond acceptors (Lipinski definition) is 3. The van der Waals surface area contributed by atoms with Gasteiger partial charge in [-0.1, -0.05) is 44.2 Å². The van der Waals surface area contributed by atoms with Crippen molar-refractivity contribution in [2.45, 2.75) is 39.2 Å². The molecular formula is C16H21NO3. The summed E-state index contributed by atoms with van der Waals surface area (Å²) in [6.07, 6.45) is 0.641. The van der Waals surface area contributed by atoms with Crippen molar-refractivity contribution < 1.29 is 14.7 Å². The summed E-state index contributed by atoms with van der Waals surface area (Å²) < 4.78 is 0. The molecule has 2 amide bonds. The van der Waals surface area contributed by atoms with Crippen molar-refractivity contribution in [3.8, 4) is 0 Å². The predicted molar refractivity (Wildman–Crippen MR) is 75.7 cm³/mol. The van der Waals surface area contributed by atoms with Crippen LogP contribution in [0.2, 0.25) is 0 Å². The number of aliphatic hydroxyl groups excluding tert-OH is 1. The number of hydrogen-bond donors (Lipinski definition) is 1. The molecule has 1 unspecified atom stereocenters. The van der Waals surface area contributed by atoms with Gasteiger partial charge in [0.25, 0.3) is 0 Å². The van der Waals surface area contributed by atoms with E-state index in [9.17, 15) is 14.7 Å². The molecule has 1 atom stereocenters. The molecule has 1 aromatic carbocycles. The number of rotatable bonds is 3. The molecule has 1 aliphatic rings. The number of amides is 2. The van der Waals surface area contributed by atoms with Crippen LogP contribution in [0.25, 0.3) is 0 Å². The lowest BCUT2D eigenvalue weighted by molar-refractivity contribution is -0.162. The van der Waals surface area contributed by atoms with Crippen LogP contribution in [0.4, 0.5) is 0 Å². The van der Waals surface area contributed by atoms with E-state index in [4.69, 9.17) is 0 Å². The fourth-order valence-corrected chi connectivity index (χ4v) is 2.82. The summed E-state index contributed by atoms with van der Waals surface area (Å²) in [7, 11) is 0. The molecule has 2 rings (SSSR count). The molecule has 1 saturated heterocycles. The Kier molecular flexibility index (Phi) is 3.69. The standard InChI is InChI=1S/C16H21NO3/c1-15(2)9-13(19)17(14(20)10-15)16(3,11-18)12-7-5-4-6-8-12/h4-8,18H,9-11H2,1-3H3. The smallest absolute Gasteiger partial charge is 0.230 e. The predicted octanol–water partition coefficient (Wildman–Crippen LogP) is 2.07. The Morgan fingerprint density at radius 2 is 1.65 bits per heavy atom. The first-order valence-corrected chi connectivity index (χ1v) is 6.82. The van der Waals surface area contributed by atoms with Crippen LogP contribution in [0.3, 0.4) is 0 Å². The van der Waals surface area contributed by atoms with E-state index >= 15 is 0 Å².